The number of hydrogen-bond donors (Lipinski definition) is 4. The summed E-state index contributed by atoms with van der Waals surface area (Å²) >= 11 is 0. The van der Waals surface area contributed by atoms with E-state index in [9.17, 15) is 9.59 Å². The molecule has 0 spiro atoms. The van der Waals surface area contributed by atoms with Gasteiger partial charge in [0.25, 0.3) is 0 Å². The predicted octanol–water partition coefficient (Wildman–Crippen LogP) is 0.894. The number of carbonyl (C=O) groups is 2. The van der Waals surface area contributed by atoms with Crippen LogP contribution in [-0.2, 0) is 16.0 Å². The highest BCUT2D eigenvalue weighted by molar-refractivity contribution is 5.89. The van der Waals surface area contributed by atoms with Gasteiger partial charge in [-0.05, 0) is 41.8 Å². The Labute approximate surface area is 144 Å². The molecule has 0 aliphatic carbocycles. The second-order valence-corrected chi connectivity index (χ2v) is 5.41. The lowest BCUT2D eigenvalue weighted by Gasteiger charge is -2.21. The van der Waals surface area contributed by atoms with Crippen LogP contribution >= 0.6 is 0 Å². The SMILES string of the molecule is NOc1ccc(CCN=C/C=C2/C=C(C(=O)O)NC(C(=O)O)C2)cc1. The number of nitrogens with zero attached hydrogens (tertiary/aromatic N) is 1. The third-order valence-electron chi connectivity index (χ3n) is 3.61. The molecule has 8 nitrogen and oxygen atoms in total. The Hall–Kier alpha value is -3.13. The quantitative estimate of drug-likeness (QED) is 0.426. The second kappa shape index (κ2) is 8.65. The molecule has 0 amide bonds. The molecule has 0 bridgehead atoms. The topological polar surface area (TPSA) is 134 Å². The van der Waals surface area contributed by atoms with E-state index in [-0.39, 0.29) is 12.1 Å². The maximum atomic E-state index is 11.1. The van der Waals surface area contributed by atoms with Crippen molar-refractivity contribution in [2.45, 2.75) is 18.9 Å². The van der Waals surface area contributed by atoms with Crippen LogP contribution in [0.2, 0.25) is 0 Å². The van der Waals surface area contributed by atoms with Gasteiger partial charge in [-0.15, -0.1) is 0 Å². The van der Waals surface area contributed by atoms with Gasteiger partial charge in [-0.1, -0.05) is 12.1 Å². The number of hydrogen-bond acceptors (Lipinski definition) is 6. The molecule has 1 atom stereocenters. The molecule has 1 aliphatic rings. The largest absolute Gasteiger partial charge is 0.480 e. The fourth-order valence-electron chi connectivity index (χ4n) is 2.30. The van der Waals surface area contributed by atoms with E-state index < -0.39 is 18.0 Å². The van der Waals surface area contributed by atoms with Crippen LogP contribution in [0.25, 0.3) is 0 Å². The average molecular weight is 345 g/mol. The third kappa shape index (κ3) is 5.47. The summed E-state index contributed by atoms with van der Waals surface area (Å²) in [5.74, 6) is 3.34. The minimum atomic E-state index is -1.20. The van der Waals surface area contributed by atoms with E-state index in [1.165, 1.54) is 6.08 Å². The molecule has 2 rings (SSSR count). The van der Waals surface area contributed by atoms with Crippen LogP contribution in [0.3, 0.4) is 0 Å². The normalized spacial score (nSPS) is 18.7. The van der Waals surface area contributed by atoms with Gasteiger partial charge in [-0.25, -0.2) is 9.59 Å². The van der Waals surface area contributed by atoms with Gasteiger partial charge in [0.05, 0.1) is 0 Å². The predicted molar refractivity (Wildman–Crippen MR) is 91.3 cm³/mol. The average Bonchev–Trinajstić information content (AvgIpc) is 2.61. The van der Waals surface area contributed by atoms with Gasteiger partial charge in [0.2, 0.25) is 0 Å². The van der Waals surface area contributed by atoms with Gasteiger partial charge in [-0.2, -0.15) is 5.90 Å². The van der Waals surface area contributed by atoms with E-state index in [0.29, 0.717) is 17.9 Å². The molecular formula is C17H19N3O5. The third-order valence-corrected chi connectivity index (χ3v) is 3.61. The van der Waals surface area contributed by atoms with E-state index in [0.717, 1.165) is 12.0 Å². The van der Waals surface area contributed by atoms with E-state index >= 15 is 0 Å². The van der Waals surface area contributed by atoms with E-state index in [4.69, 9.17) is 16.1 Å². The first kappa shape index (κ1) is 18.2. The van der Waals surface area contributed by atoms with Crippen molar-refractivity contribution in [3.05, 3.63) is 53.3 Å². The number of carboxylic acids is 2. The van der Waals surface area contributed by atoms with E-state index in [1.54, 1.807) is 24.4 Å². The number of rotatable bonds is 7. The number of aliphatic carboxylic acids is 2. The molecular weight excluding hydrogens is 326 g/mol. The number of aliphatic imine (C=N–C) groups is 1. The maximum Gasteiger partial charge on any atom is 0.351 e. The lowest BCUT2D eigenvalue weighted by Crippen LogP contribution is -2.41. The van der Waals surface area contributed by atoms with Crippen LogP contribution < -0.4 is 16.1 Å². The summed E-state index contributed by atoms with van der Waals surface area (Å²) in [4.78, 5) is 31.0. The van der Waals surface area contributed by atoms with Crippen molar-refractivity contribution < 1.29 is 24.6 Å². The Balaban J connectivity index is 1.94. The molecule has 1 unspecified atom stereocenters. The lowest BCUT2D eigenvalue weighted by molar-refractivity contribution is -0.139. The highest BCUT2D eigenvalue weighted by atomic mass is 16.6. The standard InChI is InChI=1S/C17H19N3O5/c18-25-13-3-1-11(2-4-13)5-7-19-8-6-12-9-14(16(21)22)20-15(10-12)17(23)24/h1-4,6,8-9,15,20H,5,7,10,18H2,(H,21,22)(H,23,24)/b12-6-,19-8?. The number of nitrogens with one attached hydrogen (secondary N) is 1. The van der Waals surface area contributed by atoms with Gasteiger partial charge in [0.15, 0.2) is 0 Å². The van der Waals surface area contributed by atoms with Crippen LogP contribution in [0.5, 0.6) is 5.75 Å². The van der Waals surface area contributed by atoms with Gasteiger partial charge >= 0.3 is 11.9 Å². The van der Waals surface area contributed by atoms with Crippen LogP contribution in [0.1, 0.15) is 12.0 Å². The Morgan fingerprint density at radius 1 is 1.32 bits per heavy atom. The molecule has 0 fully saturated rings. The number of carboxylic acid groups (broad SMARTS) is 2. The smallest absolute Gasteiger partial charge is 0.351 e. The van der Waals surface area contributed by atoms with Crippen molar-refractivity contribution in [3.8, 4) is 5.75 Å². The second-order valence-electron chi connectivity index (χ2n) is 5.41. The number of allylic oxidation sites excluding steroid dienone is 2. The zero-order chi connectivity index (χ0) is 18.2. The Morgan fingerprint density at radius 2 is 2.04 bits per heavy atom. The van der Waals surface area contributed by atoms with Crippen molar-refractivity contribution in [1.29, 1.82) is 0 Å². The highest BCUT2D eigenvalue weighted by Gasteiger charge is 2.26. The summed E-state index contributed by atoms with van der Waals surface area (Å²) in [5, 5.41) is 20.6. The van der Waals surface area contributed by atoms with Gasteiger partial charge in [0.1, 0.15) is 17.5 Å². The summed E-state index contributed by atoms with van der Waals surface area (Å²) in [6, 6.07) is 6.35. The Kier molecular flexibility index (Phi) is 6.30. The number of benzene rings is 1. The minimum absolute atomic E-state index is 0.138. The molecule has 1 aliphatic heterocycles. The summed E-state index contributed by atoms with van der Waals surface area (Å²) in [5.41, 5.74) is 1.53. The van der Waals surface area contributed by atoms with E-state index in [2.05, 4.69) is 15.1 Å². The fraction of sp³-hybridized carbons (Fsp3) is 0.235. The Bertz CT molecular complexity index is 722. The molecule has 0 saturated carbocycles. The zero-order valence-corrected chi connectivity index (χ0v) is 13.4. The summed E-state index contributed by atoms with van der Waals surface area (Å²) < 4.78 is 0. The van der Waals surface area contributed by atoms with Crippen LogP contribution in [0.15, 0.2) is 52.7 Å². The first-order valence-corrected chi connectivity index (χ1v) is 7.58. The molecule has 132 valence electrons. The van der Waals surface area contributed by atoms with Gasteiger partial charge in [0, 0.05) is 19.2 Å². The molecule has 1 heterocycles. The molecule has 0 saturated heterocycles. The molecule has 0 radical (unpaired) electrons. The Morgan fingerprint density at radius 3 is 2.64 bits per heavy atom. The number of nitrogens with two attached hydrogens (primary N) is 1. The lowest BCUT2D eigenvalue weighted by atomic mass is 10.00. The van der Waals surface area contributed by atoms with Gasteiger partial charge < -0.3 is 20.4 Å². The first-order chi connectivity index (χ1) is 12.0. The van der Waals surface area contributed by atoms with Crippen LogP contribution in [-0.4, -0.2) is 41.0 Å². The summed E-state index contributed by atoms with van der Waals surface area (Å²) in [6.45, 7) is 0.544. The van der Waals surface area contributed by atoms with Gasteiger partial charge in [-0.3, -0.25) is 4.99 Å². The van der Waals surface area contributed by atoms with Crippen molar-refractivity contribution in [2.24, 2.45) is 10.9 Å². The molecule has 5 N–H and O–H groups in total. The van der Waals surface area contributed by atoms with Crippen molar-refractivity contribution in [3.63, 3.8) is 0 Å². The highest BCUT2D eigenvalue weighted by Crippen LogP contribution is 2.16. The maximum absolute atomic E-state index is 11.1. The molecule has 0 aromatic heterocycles. The van der Waals surface area contributed by atoms with Crippen LogP contribution in [0.4, 0.5) is 0 Å². The van der Waals surface area contributed by atoms with Crippen LogP contribution in [0, 0.1) is 0 Å². The van der Waals surface area contributed by atoms with Crippen molar-refractivity contribution in [2.75, 3.05) is 6.54 Å². The minimum Gasteiger partial charge on any atom is -0.480 e. The van der Waals surface area contributed by atoms with Crippen molar-refractivity contribution >= 4 is 18.2 Å². The zero-order valence-electron chi connectivity index (χ0n) is 13.4. The molecule has 25 heavy (non-hydrogen) atoms. The monoisotopic (exact) mass is 345 g/mol. The van der Waals surface area contributed by atoms with Crippen molar-refractivity contribution in [1.82, 2.24) is 5.32 Å². The van der Waals surface area contributed by atoms with E-state index in [1.807, 2.05) is 12.1 Å². The summed E-state index contributed by atoms with van der Waals surface area (Å²) in [6.07, 6.45) is 5.52. The molecule has 1 aromatic carbocycles. The molecule has 1 aromatic rings. The summed E-state index contributed by atoms with van der Waals surface area (Å²) in [7, 11) is 0. The first-order valence-electron chi connectivity index (χ1n) is 7.58. The molecule has 8 heteroatoms. The fourth-order valence-corrected chi connectivity index (χ4v) is 2.30.